The molecule has 0 aromatic heterocycles. The third-order valence-corrected chi connectivity index (χ3v) is 3.36. The van der Waals surface area contributed by atoms with E-state index in [1.54, 1.807) is 0 Å². The second kappa shape index (κ2) is 6.95. The summed E-state index contributed by atoms with van der Waals surface area (Å²) in [6, 6.07) is 3.95. The summed E-state index contributed by atoms with van der Waals surface area (Å²) in [4.78, 5) is 0.514. The molecule has 0 heterocycles. The van der Waals surface area contributed by atoms with Crippen molar-refractivity contribution in [2.75, 3.05) is 6.61 Å². The minimum atomic E-state index is 0.215. The largest absolute Gasteiger partial charge is 0.493 e. The van der Waals surface area contributed by atoms with Crippen molar-refractivity contribution in [2.24, 2.45) is 5.73 Å². The molecule has 2 N–H and O–H groups in total. The summed E-state index contributed by atoms with van der Waals surface area (Å²) in [6.45, 7) is 6.84. The SMILES string of the molecule is CCCOc1cc(C)c(Cl)cc1C(C)CC(N)=S. The molecule has 0 saturated carbocycles. The van der Waals surface area contributed by atoms with Crippen molar-refractivity contribution in [3.8, 4) is 5.75 Å². The fourth-order valence-corrected chi connectivity index (χ4v) is 2.23. The number of thiocarbonyl (C=S) groups is 1. The number of ether oxygens (including phenoxy) is 1. The van der Waals surface area contributed by atoms with Gasteiger partial charge in [-0.3, -0.25) is 0 Å². The van der Waals surface area contributed by atoms with Gasteiger partial charge in [-0.15, -0.1) is 0 Å². The Balaban J connectivity index is 3.05. The molecular weight excluding hydrogens is 266 g/mol. The number of nitrogens with two attached hydrogens (primary N) is 1. The summed E-state index contributed by atoms with van der Waals surface area (Å²) >= 11 is 11.1. The van der Waals surface area contributed by atoms with Gasteiger partial charge >= 0.3 is 0 Å². The van der Waals surface area contributed by atoms with Gasteiger partial charge in [0, 0.05) is 11.4 Å². The predicted molar refractivity (Wildman–Crippen MR) is 81.8 cm³/mol. The van der Waals surface area contributed by atoms with E-state index >= 15 is 0 Å². The maximum atomic E-state index is 6.18. The number of rotatable bonds is 6. The zero-order chi connectivity index (χ0) is 13.7. The Kier molecular flexibility index (Phi) is 5.89. The van der Waals surface area contributed by atoms with E-state index in [1.165, 1.54) is 0 Å². The van der Waals surface area contributed by atoms with Crippen LogP contribution < -0.4 is 10.5 Å². The zero-order valence-corrected chi connectivity index (χ0v) is 12.7. The van der Waals surface area contributed by atoms with E-state index in [-0.39, 0.29) is 5.92 Å². The van der Waals surface area contributed by atoms with Crippen molar-refractivity contribution in [2.45, 2.75) is 39.5 Å². The number of aryl methyl sites for hydroxylation is 1. The molecule has 0 aliphatic carbocycles. The Morgan fingerprint density at radius 1 is 1.50 bits per heavy atom. The molecule has 1 atom stereocenters. The highest BCUT2D eigenvalue weighted by Crippen LogP contribution is 2.33. The molecule has 1 unspecified atom stereocenters. The fraction of sp³-hybridized carbons (Fsp3) is 0.500. The smallest absolute Gasteiger partial charge is 0.123 e. The highest BCUT2D eigenvalue weighted by molar-refractivity contribution is 7.80. The van der Waals surface area contributed by atoms with Crippen molar-refractivity contribution >= 4 is 28.8 Å². The summed E-state index contributed by atoms with van der Waals surface area (Å²) in [6.07, 6.45) is 1.64. The van der Waals surface area contributed by atoms with Gasteiger partial charge in [0.25, 0.3) is 0 Å². The van der Waals surface area contributed by atoms with Crippen LogP contribution in [0.3, 0.4) is 0 Å². The first kappa shape index (κ1) is 15.3. The predicted octanol–water partition coefficient (Wildman–Crippen LogP) is 4.22. The van der Waals surface area contributed by atoms with Crippen LogP contribution in [0.25, 0.3) is 0 Å². The van der Waals surface area contributed by atoms with Crippen LogP contribution in [0.1, 0.15) is 43.7 Å². The maximum Gasteiger partial charge on any atom is 0.123 e. The summed E-state index contributed by atoms with van der Waals surface area (Å²) in [5, 5.41) is 0.753. The molecule has 2 nitrogen and oxygen atoms in total. The van der Waals surface area contributed by atoms with Gasteiger partial charge in [0.05, 0.1) is 11.6 Å². The maximum absolute atomic E-state index is 6.18. The molecule has 1 aromatic carbocycles. The minimum absolute atomic E-state index is 0.215. The van der Waals surface area contributed by atoms with Crippen LogP contribution in [0, 0.1) is 6.92 Å². The van der Waals surface area contributed by atoms with Crippen LogP contribution in [-0.2, 0) is 0 Å². The van der Waals surface area contributed by atoms with Crippen LogP contribution in [0.2, 0.25) is 5.02 Å². The van der Waals surface area contributed by atoms with Crippen molar-refractivity contribution in [1.29, 1.82) is 0 Å². The number of benzene rings is 1. The van der Waals surface area contributed by atoms with Crippen molar-refractivity contribution < 1.29 is 4.74 Å². The van der Waals surface area contributed by atoms with E-state index < -0.39 is 0 Å². The van der Waals surface area contributed by atoms with Gasteiger partial charge in [-0.05, 0) is 42.5 Å². The second-order valence-electron chi connectivity index (χ2n) is 4.56. The molecule has 0 bridgehead atoms. The average molecular weight is 286 g/mol. The van der Waals surface area contributed by atoms with Gasteiger partial charge in [-0.2, -0.15) is 0 Å². The van der Waals surface area contributed by atoms with Crippen LogP contribution in [0.4, 0.5) is 0 Å². The van der Waals surface area contributed by atoms with Crippen molar-refractivity contribution in [3.63, 3.8) is 0 Å². The van der Waals surface area contributed by atoms with Gasteiger partial charge in [-0.1, -0.05) is 37.7 Å². The summed E-state index contributed by atoms with van der Waals surface area (Å²) in [5.74, 6) is 1.11. The molecule has 4 heteroatoms. The third kappa shape index (κ3) is 4.14. The first-order valence-electron chi connectivity index (χ1n) is 6.16. The Hall–Kier alpha value is -0.800. The first-order valence-corrected chi connectivity index (χ1v) is 6.95. The summed E-state index contributed by atoms with van der Waals surface area (Å²) in [7, 11) is 0. The van der Waals surface area contributed by atoms with Gasteiger partial charge < -0.3 is 10.5 Å². The molecule has 0 aliphatic rings. The molecule has 1 aromatic rings. The zero-order valence-electron chi connectivity index (χ0n) is 11.1. The highest BCUT2D eigenvalue weighted by Gasteiger charge is 2.15. The minimum Gasteiger partial charge on any atom is -0.493 e. The number of halogens is 1. The molecule has 100 valence electrons. The number of hydrogen-bond acceptors (Lipinski definition) is 2. The second-order valence-corrected chi connectivity index (χ2v) is 5.49. The van der Waals surface area contributed by atoms with E-state index in [9.17, 15) is 0 Å². The fourth-order valence-electron chi connectivity index (χ4n) is 1.80. The Labute approximate surface area is 119 Å². The quantitative estimate of drug-likeness (QED) is 0.795. The Bertz CT molecular complexity index is 434. The standard InChI is InChI=1S/C14H20ClNOS/c1-4-5-17-13-6-10(3)12(15)8-11(13)9(2)7-14(16)18/h6,8-9H,4-5,7H2,1-3H3,(H2,16,18). The van der Waals surface area contributed by atoms with Gasteiger partial charge in [0.2, 0.25) is 0 Å². The van der Waals surface area contributed by atoms with Crippen LogP contribution in [0.5, 0.6) is 5.75 Å². The van der Waals surface area contributed by atoms with Gasteiger partial charge in [0.15, 0.2) is 0 Å². The topological polar surface area (TPSA) is 35.2 Å². The van der Waals surface area contributed by atoms with E-state index in [1.807, 2.05) is 19.1 Å². The van der Waals surface area contributed by atoms with Gasteiger partial charge in [-0.25, -0.2) is 0 Å². The highest BCUT2D eigenvalue weighted by atomic mass is 35.5. The average Bonchev–Trinajstić information content (AvgIpc) is 2.29. The lowest BCUT2D eigenvalue weighted by Gasteiger charge is -2.18. The van der Waals surface area contributed by atoms with Crippen molar-refractivity contribution in [3.05, 3.63) is 28.3 Å². The van der Waals surface area contributed by atoms with Crippen LogP contribution >= 0.6 is 23.8 Å². The molecule has 0 saturated heterocycles. The Morgan fingerprint density at radius 3 is 2.72 bits per heavy atom. The summed E-state index contributed by atoms with van der Waals surface area (Å²) in [5.41, 5.74) is 7.70. The molecule has 0 aliphatic heterocycles. The van der Waals surface area contributed by atoms with Crippen molar-refractivity contribution in [1.82, 2.24) is 0 Å². The lowest BCUT2D eigenvalue weighted by Crippen LogP contribution is -2.12. The lowest BCUT2D eigenvalue weighted by molar-refractivity contribution is 0.312. The molecule has 0 radical (unpaired) electrons. The number of hydrogen-bond donors (Lipinski definition) is 1. The normalized spacial score (nSPS) is 12.2. The van der Waals surface area contributed by atoms with E-state index in [2.05, 4.69) is 13.8 Å². The molecule has 0 fully saturated rings. The molecule has 0 spiro atoms. The van der Waals surface area contributed by atoms with E-state index in [0.29, 0.717) is 18.0 Å². The third-order valence-electron chi connectivity index (χ3n) is 2.79. The molecule has 18 heavy (non-hydrogen) atoms. The molecule has 0 amide bonds. The van der Waals surface area contributed by atoms with E-state index in [4.69, 9.17) is 34.3 Å². The Morgan fingerprint density at radius 2 is 2.17 bits per heavy atom. The van der Waals surface area contributed by atoms with Crippen LogP contribution in [0.15, 0.2) is 12.1 Å². The monoisotopic (exact) mass is 285 g/mol. The van der Waals surface area contributed by atoms with E-state index in [0.717, 1.165) is 28.3 Å². The summed E-state index contributed by atoms with van der Waals surface area (Å²) < 4.78 is 5.78. The van der Waals surface area contributed by atoms with Crippen LogP contribution in [-0.4, -0.2) is 11.6 Å². The molecular formula is C14H20ClNOS. The van der Waals surface area contributed by atoms with Gasteiger partial charge in [0.1, 0.15) is 5.75 Å². The first-order chi connectivity index (χ1) is 8.45. The molecule has 1 rings (SSSR count). The lowest BCUT2D eigenvalue weighted by atomic mass is 9.95.